The van der Waals surface area contributed by atoms with Crippen molar-refractivity contribution in [3.8, 4) is 0 Å². The lowest BCUT2D eigenvalue weighted by molar-refractivity contribution is 0.113. The molecule has 1 aliphatic carbocycles. The van der Waals surface area contributed by atoms with Crippen LogP contribution < -0.4 is 5.32 Å². The first-order valence-electron chi connectivity index (χ1n) is 6.24. The maximum absolute atomic E-state index is 5.67. The van der Waals surface area contributed by atoms with Crippen molar-refractivity contribution >= 4 is 11.3 Å². The van der Waals surface area contributed by atoms with Crippen LogP contribution in [0.1, 0.15) is 35.9 Å². The largest absolute Gasteiger partial charge is 0.376 e. The van der Waals surface area contributed by atoms with Gasteiger partial charge in [-0.05, 0) is 43.9 Å². The van der Waals surface area contributed by atoms with Gasteiger partial charge in [0.05, 0.1) is 6.61 Å². The van der Waals surface area contributed by atoms with Gasteiger partial charge in [0.1, 0.15) is 0 Å². The molecule has 2 rings (SSSR count). The highest BCUT2D eigenvalue weighted by Gasteiger charge is 2.21. The summed E-state index contributed by atoms with van der Waals surface area (Å²) in [6.07, 6.45) is 3.94. The fourth-order valence-corrected chi connectivity index (χ4v) is 2.52. The molecular formula is C13H21NOS. The Morgan fingerprint density at radius 1 is 1.38 bits per heavy atom. The van der Waals surface area contributed by atoms with E-state index in [0.717, 1.165) is 32.2 Å². The minimum absolute atomic E-state index is 0.801. The zero-order valence-corrected chi connectivity index (χ0v) is 10.8. The molecule has 0 atom stereocenters. The standard InChI is InChI=1S/C13H21NOS/c1-2-7-14-8-12-5-6-13(16-12)10-15-9-11-3-4-11/h5-6,11,14H,2-4,7-10H2,1H3. The monoisotopic (exact) mass is 239 g/mol. The molecule has 1 heterocycles. The van der Waals surface area contributed by atoms with Crippen LogP contribution >= 0.6 is 11.3 Å². The van der Waals surface area contributed by atoms with Crippen LogP contribution in [0.3, 0.4) is 0 Å². The molecule has 90 valence electrons. The molecule has 1 N–H and O–H groups in total. The number of thiophene rings is 1. The van der Waals surface area contributed by atoms with Gasteiger partial charge in [0, 0.05) is 22.9 Å². The van der Waals surface area contributed by atoms with E-state index in [4.69, 9.17) is 4.74 Å². The Morgan fingerprint density at radius 2 is 2.19 bits per heavy atom. The maximum atomic E-state index is 5.67. The molecule has 1 aliphatic rings. The molecule has 1 saturated carbocycles. The van der Waals surface area contributed by atoms with Crippen LogP contribution in [0, 0.1) is 5.92 Å². The predicted molar refractivity (Wildman–Crippen MR) is 68.7 cm³/mol. The second-order valence-electron chi connectivity index (χ2n) is 4.50. The van der Waals surface area contributed by atoms with Crippen molar-refractivity contribution in [3.63, 3.8) is 0 Å². The zero-order chi connectivity index (χ0) is 11.2. The molecule has 3 heteroatoms. The average Bonchev–Trinajstić information content (AvgIpc) is 2.99. The first kappa shape index (κ1) is 12.1. The Balaban J connectivity index is 1.64. The van der Waals surface area contributed by atoms with Gasteiger partial charge < -0.3 is 10.1 Å². The predicted octanol–water partition coefficient (Wildman–Crippen LogP) is 3.17. The van der Waals surface area contributed by atoms with E-state index >= 15 is 0 Å². The van der Waals surface area contributed by atoms with Crippen molar-refractivity contribution in [2.24, 2.45) is 5.92 Å². The van der Waals surface area contributed by atoms with Gasteiger partial charge >= 0.3 is 0 Å². The second kappa shape index (κ2) is 6.38. The fourth-order valence-electron chi connectivity index (χ4n) is 1.59. The summed E-state index contributed by atoms with van der Waals surface area (Å²) in [6, 6.07) is 4.41. The van der Waals surface area contributed by atoms with Gasteiger partial charge in [-0.25, -0.2) is 0 Å². The Bertz CT molecular complexity index is 307. The molecule has 16 heavy (non-hydrogen) atoms. The van der Waals surface area contributed by atoms with E-state index < -0.39 is 0 Å². The van der Waals surface area contributed by atoms with Crippen LogP contribution in [0.4, 0.5) is 0 Å². The fraction of sp³-hybridized carbons (Fsp3) is 0.692. The van der Waals surface area contributed by atoms with Crippen molar-refractivity contribution in [2.45, 2.75) is 39.3 Å². The third kappa shape index (κ3) is 4.24. The zero-order valence-electron chi connectivity index (χ0n) is 10.00. The SMILES string of the molecule is CCCNCc1ccc(COCC2CC2)s1. The highest BCUT2D eigenvalue weighted by atomic mass is 32.1. The molecule has 0 radical (unpaired) electrons. The average molecular weight is 239 g/mol. The topological polar surface area (TPSA) is 21.3 Å². The number of rotatable bonds is 8. The van der Waals surface area contributed by atoms with Crippen LogP contribution in [0.5, 0.6) is 0 Å². The van der Waals surface area contributed by atoms with Crippen molar-refractivity contribution in [2.75, 3.05) is 13.2 Å². The van der Waals surface area contributed by atoms with E-state index in [0.29, 0.717) is 0 Å². The lowest BCUT2D eigenvalue weighted by Crippen LogP contribution is -2.12. The Kier molecular flexibility index (Phi) is 4.82. The summed E-state index contributed by atoms with van der Waals surface area (Å²) >= 11 is 1.87. The van der Waals surface area contributed by atoms with Crippen LogP contribution in [0.15, 0.2) is 12.1 Å². The molecule has 0 amide bonds. The summed E-state index contributed by atoms with van der Waals surface area (Å²) in [4.78, 5) is 2.77. The lowest BCUT2D eigenvalue weighted by atomic mass is 10.4. The summed E-state index contributed by atoms with van der Waals surface area (Å²) in [6.45, 7) is 6.06. The molecular weight excluding hydrogens is 218 g/mol. The van der Waals surface area contributed by atoms with Gasteiger partial charge in [0.25, 0.3) is 0 Å². The lowest BCUT2D eigenvalue weighted by Gasteiger charge is -2.00. The Morgan fingerprint density at radius 3 is 2.94 bits per heavy atom. The number of hydrogen-bond donors (Lipinski definition) is 1. The molecule has 0 aromatic carbocycles. The van der Waals surface area contributed by atoms with Crippen molar-refractivity contribution in [1.29, 1.82) is 0 Å². The highest BCUT2D eigenvalue weighted by molar-refractivity contribution is 7.11. The number of ether oxygens (including phenoxy) is 1. The van der Waals surface area contributed by atoms with Crippen molar-refractivity contribution in [1.82, 2.24) is 5.32 Å². The molecule has 2 nitrogen and oxygen atoms in total. The quantitative estimate of drug-likeness (QED) is 0.704. The van der Waals surface area contributed by atoms with Crippen LogP contribution in [-0.2, 0) is 17.9 Å². The van der Waals surface area contributed by atoms with E-state index in [1.165, 1.54) is 29.0 Å². The number of hydrogen-bond acceptors (Lipinski definition) is 3. The first-order chi connectivity index (χ1) is 7.88. The van der Waals surface area contributed by atoms with Gasteiger partial charge in [-0.2, -0.15) is 0 Å². The third-order valence-corrected chi connectivity index (χ3v) is 3.80. The van der Waals surface area contributed by atoms with Crippen LogP contribution in [-0.4, -0.2) is 13.2 Å². The summed E-state index contributed by atoms with van der Waals surface area (Å²) in [5.41, 5.74) is 0. The molecule has 0 unspecified atom stereocenters. The normalized spacial score (nSPS) is 15.6. The Labute approximate surface area is 102 Å². The molecule has 1 aromatic heterocycles. The third-order valence-electron chi connectivity index (χ3n) is 2.74. The van der Waals surface area contributed by atoms with Gasteiger partial charge in [-0.15, -0.1) is 11.3 Å². The van der Waals surface area contributed by atoms with E-state index in [2.05, 4.69) is 24.4 Å². The van der Waals surface area contributed by atoms with Gasteiger partial charge in [0.15, 0.2) is 0 Å². The molecule has 0 aliphatic heterocycles. The summed E-state index contributed by atoms with van der Waals surface area (Å²) < 4.78 is 5.67. The van der Waals surface area contributed by atoms with Crippen molar-refractivity contribution in [3.05, 3.63) is 21.9 Å². The highest BCUT2D eigenvalue weighted by Crippen LogP contribution is 2.29. The van der Waals surface area contributed by atoms with E-state index in [1.807, 2.05) is 11.3 Å². The first-order valence-corrected chi connectivity index (χ1v) is 7.06. The summed E-state index contributed by atoms with van der Waals surface area (Å²) in [5.74, 6) is 0.866. The minimum atomic E-state index is 0.801. The van der Waals surface area contributed by atoms with E-state index in [1.54, 1.807) is 0 Å². The maximum Gasteiger partial charge on any atom is 0.0809 e. The van der Waals surface area contributed by atoms with Gasteiger partial charge in [-0.1, -0.05) is 6.92 Å². The van der Waals surface area contributed by atoms with Gasteiger partial charge in [0.2, 0.25) is 0 Å². The number of nitrogens with one attached hydrogen (secondary N) is 1. The minimum Gasteiger partial charge on any atom is -0.376 e. The van der Waals surface area contributed by atoms with E-state index in [9.17, 15) is 0 Å². The second-order valence-corrected chi connectivity index (χ2v) is 5.76. The molecule has 1 aromatic rings. The Hall–Kier alpha value is -0.380. The molecule has 0 bridgehead atoms. The van der Waals surface area contributed by atoms with Gasteiger partial charge in [-0.3, -0.25) is 0 Å². The summed E-state index contributed by atoms with van der Waals surface area (Å²) in [5, 5.41) is 3.42. The molecule has 0 saturated heterocycles. The summed E-state index contributed by atoms with van der Waals surface area (Å²) in [7, 11) is 0. The van der Waals surface area contributed by atoms with Crippen LogP contribution in [0.25, 0.3) is 0 Å². The molecule has 0 spiro atoms. The van der Waals surface area contributed by atoms with Crippen molar-refractivity contribution < 1.29 is 4.74 Å². The van der Waals surface area contributed by atoms with E-state index in [-0.39, 0.29) is 0 Å². The van der Waals surface area contributed by atoms with Crippen LogP contribution in [0.2, 0.25) is 0 Å². The smallest absolute Gasteiger partial charge is 0.0809 e. The molecule has 1 fully saturated rings.